The van der Waals surface area contributed by atoms with Gasteiger partial charge in [-0.1, -0.05) is 0 Å². The minimum Gasteiger partial charge on any atom is -0.369 e. The van der Waals surface area contributed by atoms with Crippen LogP contribution in [-0.4, -0.2) is 16.3 Å². The second-order valence-electron chi connectivity index (χ2n) is 1.66. The number of imidazole rings is 1. The van der Waals surface area contributed by atoms with Gasteiger partial charge in [-0.3, -0.25) is 0 Å². The molecule has 0 atom stereocenters. The van der Waals surface area contributed by atoms with Crippen molar-refractivity contribution >= 4 is 24.6 Å². The minimum absolute atomic E-state index is 0. The number of halogens is 1. The van der Waals surface area contributed by atoms with Gasteiger partial charge in [-0.05, 0) is 0 Å². The molecule has 0 bridgehead atoms. The molecule has 0 unspecified atom stereocenters. The zero-order valence-electron chi connectivity index (χ0n) is 5.20. The van der Waals surface area contributed by atoms with Crippen LogP contribution in [0.3, 0.4) is 0 Å². The zero-order valence-corrected chi connectivity index (χ0v) is 6.02. The number of H-pyrrole nitrogens is 1. The lowest BCUT2D eigenvalue weighted by Crippen LogP contribution is -1.88. The van der Waals surface area contributed by atoms with E-state index in [9.17, 15) is 4.79 Å². The van der Waals surface area contributed by atoms with Crippen molar-refractivity contribution in [1.82, 2.24) is 9.97 Å². The number of anilines is 1. The van der Waals surface area contributed by atoms with Crippen molar-refractivity contribution in [2.24, 2.45) is 0 Å². The van der Waals surface area contributed by atoms with Gasteiger partial charge in [-0.2, -0.15) is 0 Å². The minimum atomic E-state index is 0. The van der Waals surface area contributed by atoms with Crippen LogP contribution >= 0.6 is 12.4 Å². The van der Waals surface area contributed by atoms with Crippen molar-refractivity contribution in [3.8, 4) is 0 Å². The molecule has 0 aromatic carbocycles. The number of aromatic nitrogens is 2. The molecule has 1 heterocycles. The predicted molar refractivity (Wildman–Crippen MR) is 40.0 cm³/mol. The highest BCUT2D eigenvalue weighted by Crippen LogP contribution is 1.95. The lowest BCUT2D eigenvalue weighted by Gasteiger charge is -1.81. The Morgan fingerprint density at radius 2 is 2.50 bits per heavy atom. The number of nitrogens with two attached hydrogens (primary N) is 1. The Kier molecular flexibility index (Phi) is 3.49. The summed E-state index contributed by atoms with van der Waals surface area (Å²) in [5.41, 5.74) is 5.98. The molecule has 0 amide bonds. The molecular weight excluding hydrogens is 154 g/mol. The highest BCUT2D eigenvalue weighted by molar-refractivity contribution is 5.85. The molecule has 0 aliphatic carbocycles. The number of aldehydes is 1. The van der Waals surface area contributed by atoms with Gasteiger partial charge >= 0.3 is 0 Å². The molecule has 0 aliphatic heterocycles. The fourth-order valence-corrected chi connectivity index (χ4v) is 0.570. The van der Waals surface area contributed by atoms with Gasteiger partial charge in [0.2, 0.25) is 0 Å². The summed E-state index contributed by atoms with van der Waals surface area (Å²) < 4.78 is 0. The van der Waals surface area contributed by atoms with Crippen LogP contribution in [-0.2, 0) is 11.2 Å². The Morgan fingerprint density at radius 1 is 1.80 bits per heavy atom. The maximum absolute atomic E-state index is 9.89. The van der Waals surface area contributed by atoms with Gasteiger partial charge < -0.3 is 15.5 Å². The van der Waals surface area contributed by atoms with E-state index in [2.05, 4.69) is 9.97 Å². The first-order valence-corrected chi connectivity index (χ1v) is 2.56. The average Bonchev–Trinajstić information content (AvgIpc) is 2.17. The van der Waals surface area contributed by atoms with Crippen LogP contribution in [0.5, 0.6) is 0 Å². The van der Waals surface area contributed by atoms with Crippen LogP contribution in [0.4, 0.5) is 5.95 Å². The number of nitrogen functional groups attached to an aromatic ring is 1. The quantitative estimate of drug-likeness (QED) is 0.607. The third kappa shape index (κ3) is 2.06. The van der Waals surface area contributed by atoms with Gasteiger partial charge in [-0.15, -0.1) is 12.4 Å². The normalized spacial score (nSPS) is 8.40. The Balaban J connectivity index is 0.000000810. The summed E-state index contributed by atoms with van der Waals surface area (Å²) >= 11 is 0. The van der Waals surface area contributed by atoms with Crippen LogP contribution < -0.4 is 5.73 Å². The van der Waals surface area contributed by atoms with Crippen LogP contribution in [0.2, 0.25) is 0 Å². The van der Waals surface area contributed by atoms with E-state index in [0.29, 0.717) is 12.4 Å². The molecule has 1 aromatic heterocycles. The van der Waals surface area contributed by atoms with Crippen LogP contribution in [0.1, 0.15) is 5.69 Å². The van der Waals surface area contributed by atoms with Gasteiger partial charge in [0.05, 0.1) is 6.20 Å². The average molecular weight is 162 g/mol. The maximum Gasteiger partial charge on any atom is 0.197 e. The van der Waals surface area contributed by atoms with Gasteiger partial charge in [0.15, 0.2) is 5.95 Å². The first-order chi connectivity index (χ1) is 4.33. The Labute approximate surface area is 64.2 Å². The molecule has 3 N–H and O–H groups in total. The van der Waals surface area contributed by atoms with E-state index in [4.69, 9.17) is 5.73 Å². The van der Waals surface area contributed by atoms with E-state index in [1.54, 1.807) is 6.20 Å². The van der Waals surface area contributed by atoms with Gasteiger partial charge in [-0.25, -0.2) is 4.98 Å². The fraction of sp³-hybridized carbons (Fsp3) is 0.200. The summed E-state index contributed by atoms with van der Waals surface area (Å²) in [7, 11) is 0. The van der Waals surface area contributed by atoms with Crippen molar-refractivity contribution in [2.75, 3.05) is 5.73 Å². The number of carbonyl (C=O) groups is 1. The molecule has 0 fully saturated rings. The van der Waals surface area contributed by atoms with E-state index >= 15 is 0 Å². The summed E-state index contributed by atoms with van der Waals surface area (Å²) in [6.45, 7) is 0. The fourth-order valence-electron chi connectivity index (χ4n) is 0.570. The second-order valence-corrected chi connectivity index (χ2v) is 1.66. The maximum atomic E-state index is 9.89. The zero-order chi connectivity index (χ0) is 6.69. The number of hydrogen-bond acceptors (Lipinski definition) is 3. The lowest BCUT2D eigenvalue weighted by atomic mass is 10.4. The molecule has 0 saturated heterocycles. The number of carbonyl (C=O) groups excluding carboxylic acids is 1. The van der Waals surface area contributed by atoms with Crippen molar-refractivity contribution in [3.05, 3.63) is 11.9 Å². The van der Waals surface area contributed by atoms with Crippen LogP contribution in [0, 0.1) is 0 Å². The van der Waals surface area contributed by atoms with Crippen LogP contribution in [0.25, 0.3) is 0 Å². The summed E-state index contributed by atoms with van der Waals surface area (Å²) in [5.74, 6) is 0.354. The highest BCUT2D eigenvalue weighted by Gasteiger charge is 1.92. The monoisotopic (exact) mass is 161 g/mol. The third-order valence-corrected chi connectivity index (χ3v) is 0.951. The van der Waals surface area contributed by atoms with Crippen molar-refractivity contribution in [3.63, 3.8) is 0 Å². The molecule has 1 rings (SSSR count). The third-order valence-electron chi connectivity index (χ3n) is 0.951. The predicted octanol–water partition coefficient (Wildman–Crippen LogP) is 0.155. The van der Waals surface area contributed by atoms with Crippen molar-refractivity contribution in [2.45, 2.75) is 6.42 Å². The van der Waals surface area contributed by atoms with E-state index < -0.39 is 0 Å². The number of nitrogens with zero attached hydrogens (tertiary/aromatic N) is 1. The Morgan fingerprint density at radius 3 is 2.90 bits per heavy atom. The van der Waals surface area contributed by atoms with Crippen molar-refractivity contribution < 1.29 is 4.79 Å². The summed E-state index contributed by atoms with van der Waals surface area (Å²) in [4.78, 5) is 16.3. The molecule has 0 saturated carbocycles. The number of hydrogen-bond donors (Lipinski definition) is 2. The summed E-state index contributed by atoms with van der Waals surface area (Å²) in [5, 5.41) is 0. The Bertz CT molecular complexity index is 210. The SMILES string of the molecule is Cl.Nc1ncc(CC=O)[nH]1. The molecule has 5 heteroatoms. The first-order valence-electron chi connectivity index (χ1n) is 2.56. The number of nitrogens with one attached hydrogen (secondary N) is 1. The topological polar surface area (TPSA) is 71.8 Å². The molecule has 0 spiro atoms. The molecule has 10 heavy (non-hydrogen) atoms. The first kappa shape index (κ1) is 8.97. The molecule has 0 radical (unpaired) electrons. The van der Waals surface area contributed by atoms with E-state index in [1.807, 2.05) is 0 Å². The molecular formula is C5H8ClN3O. The van der Waals surface area contributed by atoms with Gasteiger partial charge in [0, 0.05) is 12.1 Å². The van der Waals surface area contributed by atoms with E-state index in [0.717, 1.165) is 12.0 Å². The standard InChI is InChI=1S/C5H7N3O.ClH/c6-5-7-3-4(8-5)1-2-9;/h2-3H,1H2,(H3,6,7,8);1H. The smallest absolute Gasteiger partial charge is 0.197 e. The second kappa shape index (κ2) is 3.90. The van der Waals surface area contributed by atoms with E-state index in [1.165, 1.54) is 0 Å². The summed E-state index contributed by atoms with van der Waals surface area (Å²) in [6.07, 6.45) is 2.70. The largest absolute Gasteiger partial charge is 0.369 e. The van der Waals surface area contributed by atoms with E-state index in [-0.39, 0.29) is 12.4 Å². The highest BCUT2D eigenvalue weighted by atomic mass is 35.5. The van der Waals surface area contributed by atoms with Crippen LogP contribution in [0.15, 0.2) is 6.20 Å². The molecule has 56 valence electrons. The molecule has 0 aliphatic rings. The molecule has 4 nitrogen and oxygen atoms in total. The van der Waals surface area contributed by atoms with Gasteiger partial charge in [0.1, 0.15) is 6.29 Å². The summed E-state index contributed by atoms with van der Waals surface area (Å²) in [6, 6.07) is 0. The Hall–Kier alpha value is -1.03. The molecule has 1 aromatic rings. The number of rotatable bonds is 2. The van der Waals surface area contributed by atoms with Gasteiger partial charge in [0.25, 0.3) is 0 Å². The van der Waals surface area contributed by atoms with Crippen molar-refractivity contribution in [1.29, 1.82) is 0 Å². The lowest BCUT2D eigenvalue weighted by molar-refractivity contribution is -0.107. The number of aromatic amines is 1.